The van der Waals surface area contributed by atoms with Crippen LogP contribution in [0.15, 0.2) is 53.7 Å². The number of ether oxygens (including phenoxy) is 1. The lowest BCUT2D eigenvalue weighted by molar-refractivity contribution is 0.393. The maximum absolute atomic E-state index is 14.2. The van der Waals surface area contributed by atoms with Crippen molar-refractivity contribution in [1.82, 2.24) is 18.9 Å². The molecule has 9 heteroatoms. The molecule has 3 aromatic rings. The molecule has 0 N–H and O–H groups in total. The summed E-state index contributed by atoms with van der Waals surface area (Å²) in [6.45, 7) is 1.76. The standard InChI is InChI=1S/C22H21BrN4O3S/c1-22(31(28,29)27-10-8-15-12-24-9-7-18(15)27)11-16(23)5-6-17(22)19-20(14-3-4-14)25-13-26-21(19)30-2/h5-10,12-14H,3-4,11H2,1-2H3. The molecule has 3 aromatic heterocycles. The van der Waals surface area contributed by atoms with Gasteiger partial charge in [0, 0.05) is 36.3 Å². The van der Waals surface area contributed by atoms with Crippen molar-refractivity contribution >= 4 is 42.4 Å². The Morgan fingerprint density at radius 2 is 2.03 bits per heavy atom. The molecule has 160 valence electrons. The topological polar surface area (TPSA) is 87.0 Å². The van der Waals surface area contributed by atoms with Crippen molar-refractivity contribution in [1.29, 1.82) is 0 Å². The van der Waals surface area contributed by atoms with E-state index in [0.717, 1.165) is 28.4 Å². The molecule has 0 aromatic carbocycles. The van der Waals surface area contributed by atoms with Gasteiger partial charge in [0.05, 0.1) is 23.9 Å². The van der Waals surface area contributed by atoms with Gasteiger partial charge in [-0.25, -0.2) is 22.4 Å². The summed E-state index contributed by atoms with van der Waals surface area (Å²) in [5.41, 5.74) is 2.78. The van der Waals surface area contributed by atoms with Gasteiger partial charge in [-0.1, -0.05) is 28.1 Å². The molecule has 5 rings (SSSR count). The van der Waals surface area contributed by atoms with E-state index < -0.39 is 14.8 Å². The fourth-order valence-corrected chi connectivity index (χ4v) is 6.99. The van der Waals surface area contributed by atoms with Crippen LogP contribution in [0.1, 0.15) is 43.4 Å². The maximum atomic E-state index is 14.2. The molecule has 31 heavy (non-hydrogen) atoms. The summed E-state index contributed by atoms with van der Waals surface area (Å²) in [5.74, 6) is 0.699. The van der Waals surface area contributed by atoms with Gasteiger partial charge in [0.15, 0.2) is 0 Å². The van der Waals surface area contributed by atoms with E-state index in [1.165, 1.54) is 10.3 Å². The number of nitrogens with zero attached hydrogens (tertiary/aromatic N) is 4. The Balaban J connectivity index is 1.75. The smallest absolute Gasteiger partial charge is 0.249 e. The normalized spacial score (nSPS) is 21.6. The van der Waals surface area contributed by atoms with Crippen LogP contribution in [-0.4, -0.2) is 39.2 Å². The first-order valence-electron chi connectivity index (χ1n) is 9.99. The molecular weight excluding hydrogens is 480 g/mol. The van der Waals surface area contributed by atoms with Gasteiger partial charge in [0.25, 0.3) is 0 Å². The van der Waals surface area contributed by atoms with Gasteiger partial charge in [-0.05, 0) is 42.0 Å². The predicted molar refractivity (Wildman–Crippen MR) is 123 cm³/mol. The maximum Gasteiger partial charge on any atom is 0.249 e. The summed E-state index contributed by atoms with van der Waals surface area (Å²) < 4.78 is 34.8. The third-order valence-corrected chi connectivity index (χ3v) is 8.94. The highest BCUT2D eigenvalue weighted by Gasteiger charge is 2.48. The Morgan fingerprint density at radius 3 is 2.77 bits per heavy atom. The molecule has 1 fully saturated rings. The number of methoxy groups -OCH3 is 1. The Bertz CT molecular complexity index is 1360. The Morgan fingerprint density at radius 1 is 1.23 bits per heavy atom. The molecule has 2 aliphatic rings. The van der Waals surface area contributed by atoms with Crippen LogP contribution in [0.3, 0.4) is 0 Å². The Kier molecular flexibility index (Phi) is 4.78. The van der Waals surface area contributed by atoms with Gasteiger partial charge in [-0.15, -0.1) is 0 Å². The molecule has 0 radical (unpaired) electrons. The lowest BCUT2D eigenvalue weighted by Gasteiger charge is -2.35. The minimum absolute atomic E-state index is 0.286. The molecule has 0 spiro atoms. The second-order valence-electron chi connectivity index (χ2n) is 8.07. The van der Waals surface area contributed by atoms with Crippen molar-refractivity contribution < 1.29 is 13.2 Å². The van der Waals surface area contributed by atoms with E-state index in [1.807, 2.05) is 12.2 Å². The highest BCUT2D eigenvalue weighted by atomic mass is 79.9. The zero-order chi connectivity index (χ0) is 21.8. The van der Waals surface area contributed by atoms with Gasteiger partial charge < -0.3 is 4.74 Å². The molecule has 0 aliphatic heterocycles. The average molecular weight is 501 g/mol. The summed E-state index contributed by atoms with van der Waals surface area (Å²) in [6.07, 6.45) is 12.4. The van der Waals surface area contributed by atoms with Crippen LogP contribution in [0.5, 0.6) is 5.88 Å². The summed E-state index contributed by atoms with van der Waals surface area (Å²) in [6, 6.07) is 3.48. The first kappa shape index (κ1) is 20.4. The third kappa shape index (κ3) is 3.13. The summed E-state index contributed by atoms with van der Waals surface area (Å²) >= 11 is 3.54. The van der Waals surface area contributed by atoms with Crippen molar-refractivity contribution in [3.8, 4) is 5.88 Å². The zero-order valence-corrected chi connectivity index (χ0v) is 19.5. The van der Waals surface area contributed by atoms with Crippen LogP contribution >= 0.6 is 15.9 Å². The number of hydrogen-bond acceptors (Lipinski definition) is 6. The number of hydrogen-bond donors (Lipinski definition) is 0. The lowest BCUT2D eigenvalue weighted by atomic mass is 9.86. The molecule has 0 amide bonds. The number of halogens is 1. The molecular formula is C22H21BrN4O3S. The summed E-state index contributed by atoms with van der Waals surface area (Å²) in [7, 11) is -2.33. The van der Waals surface area contributed by atoms with E-state index in [1.54, 1.807) is 44.8 Å². The largest absolute Gasteiger partial charge is 0.480 e. The summed E-state index contributed by atoms with van der Waals surface area (Å²) in [5, 5.41) is 0.768. The molecule has 1 unspecified atom stereocenters. The molecule has 1 atom stereocenters. The van der Waals surface area contributed by atoms with E-state index in [4.69, 9.17) is 4.74 Å². The molecule has 1 saturated carbocycles. The van der Waals surface area contributed by atoms with Crippen molar-refractivity contribution in [3.63, 3.8) is 0 Å². The van der Waals surface area contributed by atoms with Crippen molar-refractivity contribution in [2.45, 2.75) is 36.9 Å². The van der Waals surface area contributed by atoms with Crippen molar-refractivity contribution in [2.24, 2.45) is 0 Å². The van der Waals surface area contributed by atoms with Gasteiger partial charge in [-0.2, -0.15) is 0 Å². The van der Waals surface area contributed by atoms with Crippen LogP contribution in [0.2, 0.25) is 0 Å². The van der Waals surface area contributed by atoms with Gasteiger partial charge in [0.1, 0.15) is 11.1 Å². The number of allylic oxidation sites excluding steroid dienone is 3. The predicted octanol–water partition coefficient (Wildman–Crippen LogP) is 4.42. The zero-order valence-electron chi connectivity index (χ0n) is 17.1. The number of aromatic nitrogens is 4. The van der Waals surface area contributed by atoms with E-state index in [-0.39, 0.29) is 6.42 Å². The highest BCUT2D eigenvalue weighted by Crippen LogP contribution is 2.51. The van der Waals surface area contributed by atoms with Crippen molar-refractivity contribution in [3.05, 3.63) is 64.9 Å². The van der Waals surface area contributed by atoms with Crippen LogP contribution in [0.25, 0.3) is 16.5 Å². The van der Waals surface area contributed by atoms with E-state index in [0.29, 0.717) is 28.5 Å². The van der Waals surface area contributed by atoms with E-state index in [9.17, 15) is 8.42 Å². The Hall–Kier alpha value is -2.52. The molecule has 7 nitrogen and oxygen atoms in total. The SMILES string of the molecule is COc1ncnc(C2CC2)c1C1=CC=C(Br)CC1(C)S(=O)(=O)n1ccc2cnccc21. The fraction of sp³-hybridized carbons (Fsp3) is 0.318. The quantitative estimate of drug-likeness (QED) is 0.515. The Labute approximate surface area is 189 Å². The first-order chi connectivity index (χ1) is 14.9. The first-order valence-corrected chi connectivity index (χ1v) is 12.2. The minimum atomic E-state index is -3.88. The van der Waals surface area contributed by atoms with Gasteiger partial charge in [0.2, 0.25) is 15.9 Å². The second-order valence-corrected chi connectivity index (χ2v) is 11.3. The minimum Gasteiger partial charge on any atom is -0.480 e. The van der Waals surface area contributed by atoms with Gasteiger partial charge in [-0.3, -0.25) is 4.98 Å². The molecule has 3 heterocycles. The summed E-state index contributed by atoms with van der Waals surface area (Å²) in [4.78, 5) is 12.9. The number of rotatable bonds is 5. The lowest BCUT2D eigenvalue weighted by Crippen LogP contribution is -2.42. The van der Waals surface area contributed by atoms with E-state index >= 15 is 0 Å². The molecule has 0 bridgehead atoms. The van der Waals surface area contributed by atoms with Crippen LogP contribution in [-0.2, 0) is 10.0 Å². The fourth-order valence-electron chi connectivity index (χ4n) is 4.24. The third-order valence-electron chi connectivity index (χ3n) is 6.06. The highest BCUT2D eigenvalue weighted by molar-refractivity contribution is 9.11. The van der Waals surface area contributed by atoms with Crippen molar-refractivity contribution in [2.75, 3.05) is 7.11 Å². The number of pyridine rings is 1. The van der Waals surface area contributed by atoms with Crippen LogP contribution < -0.4 is 4.74 Å². The average Bonchev–Trinajstić information content (AvgIpc) is 3.51. The van der Waals surface area contributed by atoms with Crippen LogP contribution in [0.4, 0.5) is 0 Å². The molecule has 0 saturated heterocycles. The monoisotopic (exact) mass is 500 g/mol. The van der Waals surface area contributed by atoms with Crippen LogP contribution in [0, 0.1) is 0 Å². The second kappa shape index (κ2) is 7.27. The van der Waals surface area contributed by atoms with E-state index in [2.05, 4.69) is 30.9 Å². The molecule has 2 aliphatic carbocycles. The number of fused-ring (bicyclic) bond motifs is 1. The van der Waals surface area contributed by atoms with Gasteiger partial charge >= 0.3 is 0 Å².